The lowest BCUT2D eigenvalue weighted by molar-refractivity contribution is 0.0773. The molecule has 3 rings (SSSR count). The van der Waals surface area contributed by atoms with Crippen molar-refractivity contribution in [1.82, 2.24) is 9.88 Å². The second kappa shape index (κ2) is 7.99. The molecular formula is C22H23N3O2. The lowest BCUT2D eigenvalue weighted by Gasteiger charge is -2.18. The molecule has 5 heteroatoms. The fourth-order valence-electron chi connectivity index (χ4n) is 3.03. The highest BCUT2D eigenvalue weighted by Gasteiger charge is 2.14. The van der Waals surface area contributed by atoms with Crippen LogP contribution in [0.4, 0.5) is 5.69 Å². The van der Waals surface area contributed by atoms with Crippen LogP contribution in [0.5, 0.6) is 0 Å². The number of benzene rings is 2. The van der Waals surface area contributed by atoms with Gasteiger partial charge >= 0.3 is 0 Å². The number of pyridine rings is 1. The number of rotatable bonds is 5. The molecule has 5 nitrogen and oxygen atoms in total. The molecule has 1 N–H and O–H groups in total. The minimum atomic E-state index is -0.214. The summed E-state index contributed by atoms with van der Waals surface area (Å²) in [6, 6.07) is 16.5. The third kappa shape index (κ3) is 3.97. The van der Waals surface area contributed by atoms with Crippen molar-refractivity contribution >= 4 is 28.4 Å². The first-order valence-electron chi connectivity index (χ1n) is 9.10. The van der Waals surface area contributed by atoms with Gasteiger partial charge in [-0.1, -0.05) is 18.2 Å². The van der Waals surface area contributed by atoms with Crippen molar-refractivity contribution < 1.29 is 9.59 Å². The Labute approximate surface area is 159 Å². The summed E-state index contributed by atoms with van der Waals surface area (Å²) in [7, 11) is 0. The van der Waals surface area contributed by atoms with Crippen molar-refractivity contribution in [3.05, 3.63) is 71.4 Å². The van der Waals surface area contributed by atoms with E-state index in [0.29, 0.717) is 35.6 Å². The highest BCUT2D eigenvalue weighted by atomic mass is 16.2. The number of carbonyl (C=O) groups is 2. The largest absolute Gasteiger partial charge is 0.339 e. The molecular weight excluding hydrogens is 338 g/mol. The van der Waals surface area contributed by atoms with Crippen molar-refractivity contribution in [2.75, 3.05) is 18.4 Å². The number of nitrogens with one attached hydrogen (secondary N) is 1. The first-order chi connectivity index (χ1) is 13.0. The van der Waals surface area contributed by atoms with Crippen molar-refractivity contribution in [3.63, 3.8) is 0 Å². The third-order valence-corrected chi connectivity index (χ3v) is 4.60. The Bertz CT molecular complexity index is 977. The van der Waals surface area contributed by atoms with E-state index < -0.39 is 0 Å². The molecule has 0 saturated heterocycles. The first kappa shape index (κ1) is 18.6. The Hall–Kier alpha value is -3.21. The average Bonchev–Trinajstić information content (AvgIpc) is 2.68. The molecule has 0 aliphatic heterocycles. The fourth-order valence-corrected chi connectivity index (χ4v) is 3.03. The number of aromatic nitrogens is 1. The normalized spacial score (nSPS) is 10.6. The quantitative estimate of drug-likeness (QED) is 0.738. The molecule has 27 heavy (non-hydrogen) atoms. The number of nitrogens with zero attached hydrogens (tertiary/aromatic N) is 2. The van der Waals surface area contributed by atoms with E-state index in [0.717, 1.165) is 10.9 Å². The van der Waals surface area contributed by atoms with Crippen molar-refractivity contribution in [2.24, 2.45) is 0 Å². The average molecular weight is 361 g/mol. The van der Waals surface area contributed by atoms with Crippen LogP contribution in [0.15, 0.2) is 54.6 Å². The van der Waals surface area contributed by atoms with Gasteiger partial charge in [-0.2, -0.15) is 0 Å². The van der Waals surface area contributed by atoms with E-state index in [1.165, 1.54) is 0 Å². The molecule has 1 aromatic heterocycles. The standard InChI is InChI=1S/C22H23N3O2/c1-4-25(5-2)22(27)16-10-12-18(13-11-16)24-21(26)19-14-17-8-6-7-9-20(17)23-15(19)3/h6-14H,4-5H2,1-3H3,(H,24,26). The molecule has 0 bridgehead atoms. The number of anilines is 1. The lowest BCUT2D eigenvalue weighted by atomic mass is 10.1. The molecule has 0 saturated carbocycles. The number of amides is 2. The highest BCUT2D eigenvalue weighted by Crippen LogP contribution is 2.18. The van der Waals surface area contributed by atoms with Gasteiger partial charge in [-0.3, -0.25) is 14.6 Å². The Kier molecular flexibility index (Phi) is 5.50. The van der Waals surface area contributed by atoms with Gasteiger partial charge in [0.2, 0.25) is 0 Å². The maximum Gasteiger partial charge on any atom is 0.257 e. The molecule has 0 aliphatic rings. The van der Waals surface area contributed by atoms with E-state index in [1.807, 2.05) is 51.1 Å². The summed E-state index contributed by atoms with van der Waals surface area (Å²) in [4.78, 5) is 31.3. The molecule has 0 atom stereocenters. The van der Waals surface area contributed by atoms with Gasteiger partial charge in [0.05, 0.1) is 16.8 Å². The van der Waals surface area contributed by atoms with Crippen molar-refractivity contribution in [3.8, 4) is 0 Å². The van der Waals surface area contributed by atoms with Gasteiger partial charge in [-0.15, -0.1) is 0 Å². The van der Waals surface area contributed by atoms with Crippen molar-refractivity contribution in [1.29, 1.82) is 0 Å². The third-order valence-electron chi connectivity index (χ3n) is 4.60. The molecule has 3 aromatic rings. The van der Waals surface area contributed by atoms with Crippen LogP contribution in [0.1, 0.15) is 40.3 Å². The van der Waals surface area contributed by atoms with Gasteiger partial charge in [0.15, 0.2) is 0 Å². The number of para-hydroxylation sites is 1. The molecule has 138 valence electrons. The van der Waals surface area contributed by atoms with E-state index in [-0.39, 0.29) is 11.8 Å². The van der Waals surface area contributed by atoms with E-state index in [2.05, 4.69) is 10.3 Å². The molecule has 1 heterocycles. The van der Waals surface area contributed by atoms with Gasteiger partial charge in [0, 0.05) is 29.7 Å². The van der Waals surface area contributed by atoms with Crippen LogP contribution in [0.25, 0.3) is 10.9 Å². The van der Waals surface area contributed by atoms with Gasteiger partial charge in [-0.05, 0) is 57.2 Å². The second-order valence-corrected chi connectivity index (χ2v) is 6.32. The van der Waals surface area contributed by atoms with E-state index in [4.69, 9.17) is 0 Å². The SMILES string of the molecule is CCN(CC)C(=O)c1ccc(NC(=O)c2cc3ccccc3nc2C)cc1. The molecule has 0 radical (unpaired) electrons. The monoisotopic (exact) mass is 361 g/mol. The fraction of sp³-hybridized carbons (Fsp3) is 0.227. The van der Waals surface area contributed by atoms with Crippen LogP contribution in [0.2, 0.25) is 0 Å². The Balaban J connectivity index is 1.78. The zero-order chi connectivity index (χ0) is 19.4. The second-order valence-electron chi connectivity index (χ2n) is 6.32. The van der Waals surface area contributed by atoms with Crippen LogP contribution in [0.3, 0.4) is 0 Å². The Morgan fingerprint density at radius 3 is 2.33 bits per heavy atom. The number of hydrogen-bond donors (Lipinski definition) is 1. The topological polar surface area (TPSA) is 62.3 Å². The van der Waals surface area contributed by atoms with Gasteiger partial charge in [0.25, 0.3) is 11.8 Å². The number of aryl methyl sites for hydroxylation is 1. The minimum absolute atomic E-state index is 0.00699. The molecule has 0 spiro atoms. The predicted molar refractivity (Wildman–Crippen MR) is 108 cm³/mol. The van der Waals surface area contributed by atoms with Gasteiger partial charge < -0.3 is 10.2 Å². The maximum atomic E-state index is 12.7. The van der Waals surface area contributed by atoms with E-state index in [9.17, 15) is 9.59 Å². The van der Waals surface area contributed by atoms with E-state index in [1.54, 1.807) is 29.2 Å². The maximum absolute atomic E-state index is 12.7. The Morgan fingerprint density at radius 2 is 1.67 bits per heavy atom. The molecule has 0 unspecified atom stereocenters. The van der Waals surface area contributed by atoms with Crippen LogP contribution in [-0.2, 0) is 0 Å². The van der Waals surface area contributed by atoms with Gasteiger partial charge in [-0.25, -0.2) is 0 Å². The van der Waals surface area contributed by atoms with Crippen LogP contribution < -0.4 is 5.32 Å². The zero-order valence-electron chi connectivity index (χ0n) is 15.8. The molecule has 0 aliphatic carbocycles. The summed E-state index contributed by atoms with van der Waals surface area (Å²) in [5.41, 5.74) is 3.34. The van der Waals surface area contributed by atoms with Crippen molar-refractivity contribution in [2.45, 2.75) is 20.8 Å². The predicted octanol–water partition coefficient (Wildman–Crippen LogP) is 4.28. The number of carbonyl (C=O) groups excluding carboxylic acids is 2. The number of fused-ring (bicyclic) bond motifs is 1. The summed E-state index contributed by atoms with van der Waals surface area (Å²) in [6.07, 6.45) is 0. The lowest BCUT2D eigenvalue weighted by Crippen LogP contribution is -2.30. The van der Waals surface area contributed by atoms with Crippen LogP contribution in [-0.4, -0.2) is 34.8 Å². The summed E-state index contributed by atoms with van der Waals surface area (Å²) in [6.45, 7) is 7.07. The van der Waals surface area contributed by atoms with E-state index >= 15 is 0 Å². The van der Waals surface area contributed by atoms with Crippen LogP contribution >= 0.6 is 0 Å². The molecule has 2 aromatic carbocycles. The molecule has 0 fully saturated rings. The highest BCUT2D eigenvalue weighted by molar-refractivity contribution is 6.07. The smallest absolute Gasteiger partial charge is 0.257 e. The van der Waals surface area contributed by atoms with Gasteiger partial charge in [0.1, 0.15) is 0 Å². The number of hydrogen-bond acceptors (Lipinski definition) is 3. The summed E-state index contributed by atoms with van der Waals surface area (Å²) >= 11 is 0. The first-order valence-corrected chi connectivity index (χ1v) is 9.10. The summed E-state index contributed by atoms with van der Waals surface area (Å²) in [5.74, 6) is -0.221. The molecule has 2 amide bonds. The Morgan fingerprint density at radius 1 is 1.00 bits per heavy atom. The summed E-state index contributed by atoms with van der Waals surface area (Å²) < 4.78 is 0. The summed E-state index contributed by atoms with van der Waals surface area (Å²) in [5, 5.41) is 3.81. The minimum Gasteiger partial charge on any atom is -0.339 e. The van der Waals surface area contributed by atoms with Crippen LogP contribution in [0, 0.1) is 6.92 Å². The zero-order valence-corrected chi connectivity index (χ0v) is 15.8.